The van der Waals surface area contributed by atoms with E-state index in [1.165, 1.54) is 24.3 Å². The zero-order valence-corrected chi connectivity index (χ0v) is 18.3. The Kier molecular flexibility index (Phi) is 7.80. The number of hydrogen-bond acceptors (Lipinski definition) is 6. The van der Waals surface area contributed by atoms with Crippen LogP contribution in [0.4, 0.5) is 11.4 Å². The molecule has 1 heterocycles. The molecule has 3 rings (SSSR count). The Morgan fingerprint density at radius 2 is 1.62 bits per heavy atom. The maximum absolute atomic E-state index is 12.4. The minimum atomic E-state index is -0.777. The summed E-state index contributed by atoms with van der Waals surface area (Å²) >= 11 is 0. The van der Waals surface area contributed by atoms with E-state index in [2.05, 4.69) is 15.5 Å². The summed E-state index contributed by atoms with van der Waals surface area (Å²) in [6.07, 6.45) is 0. The Bertz CT molecular complexity index is 938. The van der Waals surface area contributed by atoms with Crippen molar-refractivity contribution < 1.29 is 19.1 Å². The second-order valence-corrected chi connectivity index (χ2v) is 7.76. The van der Waals surface area contributed by atoms with Crippen molar-refractivity contribution in [2.75, 3.05) is 57.2 Å². The van der Waals surface area contributed by atoms with Crippen molar-refractivity contribution in [3.63, 3.8) is 0 Å². The predicted octanol–water partition coefficient (Wildman–Crippen LogP) is 0.980. The number of rotatable bonds is 7. The number of amides is 3. The number of benzene rings is 2. The summed E-state index contributed by atoms with van der Waals surface area (Å²) in [6, 6.07) is 14.1. The van der Waals surface area contributed by atoms with E-state index in [1.807, 2.05) is 43.3 Å². The van der Waals surface area contributed by atoms with Crippen LogP contribution < -0.4 is 21.3 Å². The number of nitrogens with two attached hydrogens (primary N) is 1. The molecule has 0 unspecified atom stereocenters. The van der Waals surface area contributed by atoms with Crippen molar-refractivity contribution >= 4 is 29.1 Å². The van der Waals surface area contributed by atoms with Crippen LogP contribution in [0.15, 0.2) is 48.5 Å². The molecule has 0 radical (unpaired) electrons. The topological polar surface area (TPSA) is 117 Å². The largest absolute Gasteiger partial charge is 0.379 e. The highest BCUT2D eigenvalue weighted by Gasteiger charge is 2.24. The Hall–Kier alpha value is -3.43. The zero-order chi connectivity index (χ0) is 23.1. The van der Waals surface area contributed by atoms with Gasteiger partial charge >= 0.3 is 11.8 Å². The highest BCUT2D eigenvalue weighted by atomic mass is 16.5. The highest BCUT2D eigenvalue weighted by Crippen LogP contribution is 2.24. The third-order valence-corrected chi connectivity index (χ3v) is 5.37. The van der Waals surface area contributed by atoms with Gasteiger partial charge in [-0.3, -0.25) is 19.3 Å². The minimum Gasteiger partial charge on any atom is -0.379 e. The normalized spacial score (nSPS) is 14.9. The number of hydrogen-bond donors (Lipinski definition) is 3. The molecule has 0 aromatic heterocycles. The summed E-state index contributed by atoms with van der Waals surface area (Å²) in [7, 11) is 3.96. The van der Waals surface area contributed by atoms with Gasteiger partial charge in [0.05, 0.1) is 19.3 Å². The fourth-order valence-electron chi connectivity index (χ4n) is 3.52. The van der Waals surface area contributed by atoms with Crippen molar-refractivity contribution in [1.82, 2.24) is 10.2 Å². The first kappa shape index (κ1) is 23.2. The van der Waals surface area contributed by atoms with Gasteiger partial charge in [0, 0.05) is 50.7 Å². The van der Waals surface area contributed by atoms with Gasteiger partial charge < -0.3 is 26.0 Å². The van der Waals surface area contributed by atoms with Crippen molar-refractivity contribution in [3.05, 3.63) is 59.7 Å². The van der Waals surface area contributed by atoms with Crippen LogP contribution in [0.25, 0.3) is 0 Å². The van der Waals surface area contributed by atoms with Crippen molar-refractivity contribution in [3.8, 4) is 0 Å². The average Bonchev–Trinajstić information content (AvgIpc) is 2.80. The molecule has 2 aromatic rings. The van der Waals surface area contributed by atoms with E-state index in [1.54, 1.807) is 0 Å². The van der Waals surface area contributed by atoms with E-state index in [0.717, 1.165) is 24.3 Å². The summed E-state index contributed by atoms with van der Waals surface area (Å²) in [4.78, 5) is 40.2. The third-order valence-electron chi connectivity index (χ3n) is 5.37. The van der Waals surface area contributed by atoms with Crippen LogP contribution in [0.3, 0.4) is 0 Å². The molecule has 1 aliphatic rings. The van der Waals surface area contributed by atoms with E-state index in [4.69, 9.17) is 10.5 Å². The number of ether oxygens (including phenoxy) is 1. The molecule has 3 amide bonds. The average molecular weight is 440 g/mol. The fourth-order valence-corrected chi connectivity index (χ4v) is 3.52. The number of carbonyl (C=O) groups excluding carboxylic acids is 3. The van der Waals surface area contributed by atoms with Gasteiger partial charge in [0.25, 0.3) is 0 Å². The molecule has 1 atom stereocenters. The second kappa shape index (κ2) is 10.7. The lowest BCUT2D eigenvalue weighted by Crippen LogP contribution is -2.45. The van der Waals surface area contributed by atoms with Gasteiger partial charge in [-0.05, 0) is 42.0 Å². The molecule has 1 saturated heterocycles. The number of anilines is 2. The standard InChI is InChI=1S/C23H29N5O4/c1-27(2)19-9-5-16(6-10-19)20(28-11-13-32-14-12-28)15-25-22(30)23(31)26-18-7-3-17(4-8-18)21(24)29/h3-10,20H,11-15H2,1-2H3,(H2,24,29)(H,25,30)(H,26,31)/t20-/m1/s1. The molecular weight excluding hydrogens is 410 g/mol. The van der Waals surface area contributed by atoms with Crippen LogP contribution in [-0.4, -0.2) is 69.6 Å². The van der Waals surface area contributed by atoms with E-state index in [0.29, 0.717) is 24.5 Å². The Balaban J connectivity index is 1.64. The van der Waals surface area contributed by atoms with Crippen molar-refractivity contribution in [2.45, 2.75) is 6.04 Å². The lowest BCUT2D eigenvalue weighted by Gasteiger charge is -2.35. The monoisotopic (exact) mass is 439 g/mol. The lowest BCUT2D eigenvalue weighted by molar-refractivity contribution is -0.136. The van der Waals surface area contributed by atoms with Crippen molar-refractivity contribution in [2.24, 2.45) is 5.73 Å². The lowest BCUT2D eigenvalue weighted by atomic mass is 10.0. The van der Waals surface area contributed by atoms with Crippen LogP contribution in [-0.2, 0) is 14.3 Å². The maximum atomic E-state index is 12.4. The molecule has 0 bridgehead atoms. The van der Waals surface area contributed by atoms with Gasteiger partial charge in [0.15, 0.2) is 0 Å². The summed E-state index contributed by atoms with van der Waals surface area (Å²) in [5.41, 5.74) is 8.07. The Labute approximate surface area is 187 Å². The molecular formula is C23H29N5O4. The van der Waals surface area contributed by atoms with E-state index >= 15 is 0 Å². The smallest absolute Gasteiger partial charge is 0.313 e. The summed E-state index contributed by atoms with van der Waals surface area (Å²) in [5.74, 6) is -2.07. The van der Waals surface area contributed by atoms with E-state index in [-0.39, 0.29) is 12.6 Å². The van der Waals surface area contributed by atoms with Crippen LogP contribution in [0.1, 0.15) is 22.0 Å². The van der Waals surface area contributed by atoms with Gasteiger partial charge in [-0.15, -0.1) is 0 Å². The molecule has 9 nitrogen and oxygen atoms in total. The SMILES string of the molecule is CN(C)c1ccc([C@@H](CNC(=O)C(=O)Nc2ccc(C(N)=O)cc2)N2CCOCC2)cc1. The summed E-state index contributed by atoms with van der Waals surface area (Å²) in [5, 5.41) is 5.28. The molecule has 2 aromatic carbocycles. The molecule has 32 heavy (non-hydrogen) atoms. The van der Waals surface area contributed by atoms with Crippen molar-refractivity contribution in [1.29, 1.82) is 0 Å². The predicted molar refractivity (Wildman–Crippen MR) is 123 cm³/mol. The number of primary amides is 1. The molecule has 1 aliphatic heterocycles. The number of morpholine rings is 1. The number of nitrogens with zero attached hydrogens (tertiary/aromatic N) is 2. The molecule has 170 valence electrons. The Morgan fingerprint density at radius 3 is 2.19 bits per heavy atom. The summed E-state index contributed by atoms with van der Waals surface area (Å²) < 4.78 is 5.46. The number of carbonyl (C=O) groups is 3. The first-order chi connectivity index (χ1) is 15.3. The quantitative estimate of drug-likeness (QED) is 0.554. The fraction of sp³-hybridized carbons (Fsp3) is 0.348. The molecule has 4 N–H and O–H groups in total. The highest BCUT2D eigenvalue weighted by molar-refractivity contribution is 6.39. The van der Waals surface area contributed by atoms with Gasteiger partial charge in [0.2, 0.25) is 5.91 Å². The third kappa shape index (κ3) is 6.05. The van der Waals surface area contributed by atoms with Gasteiger partial charge in [0.1, 0.15) is 0 Å². The minimum absolute atomic E-state index is 0.0817. The molecule has 1 fully saturated rings. The molecule has 0 saturated carbocycles. The van der Waals surface area contributed by atoms with E-state index < -0.39 is 17.7 Å². The van der Waals surface area contributed by atoms with Gasteiger partial charge in [-0.2, -0.15) is 0 Å². The first-order valence-electron chi connectivity index (χ1n) is 10.4. The van der Waals surface area contributed by atoms with Crippen LogP contribution in [0.2, 0.25) is 0 Å². The summed E-state index contributed by atoms with van der Waals surface area (Å²) in [6.45, 7) is 3.03. The molecule has 9 heteroatoms. The van der Waals surface area contributed by atoms with Crippen LogP contribution in [0, 0.1) is 0 Å². The first-order valence-corrected chi connectivity index (χ1v) is 10.4. The molecule has 0 spiro atoms. The van der Waals surface area contributed by atoms with Crippen LogP contribution in [0.5, 0.6) is 0 Å². The van der Waals surface area contributed by atoms with Crippen LogP contribution >= 0.6 is 0 Å². The second-order valence-electron chi connectivity index (χ2n) is 7.76. The maximum Gasteiger partial charge on any atom is 0.313 e. The van der Waals surface area contributed by atoms with Gasteiger partial charge in [-0.1, -0.05) is 12.1 Å². The van der Waals surface area contributed by atoms with Gasteiger partial charge in [-0.25, -0.2) is 0 Å². The number of nitrogens with one attached hydrogen (secondary N) is 2. The Morgan fingerprint density at radius 1 is 1.00 bits per heavy atom. The van der Waals surface area contributed by atoms with E-state index in [9.17, 15) is 14.4 Å². The zero-order valence-electron chi connectivity index (χ0n) is 18.3. The molecule has 0 aliphatic carbocycles.